The number of rotatable bonds is 0. The normalized spacial score (nSPS) is 10.2. The van der Waals surface area contributed by atoms with Crippen LogP contribution >= 0.6 is 15.9 Å². The predicted molar refractivity (Wildman–Crippen MR) is 56.9 cm³/mol. The number of hydrogen-bond acceptors (Lipinski definition) is 2. The van der Waals surface area contributed by atoms with Crippen molar-refractivity contribution in [3.05, 3.63) is 44.4 Å². The molecule has 0 spiro atoms. The first-order chi connectivity index (χ1) is 7.15. The van der Waals surface area contributed by atoms with E-state index in [4.69, 9.17) is 5.26 Å². The fourth-order valence-electron chi connectivity index (χ4n) is 1.34. The van der Waals surface area contributed by atoms with Gasteiger partial charge in [0.15, 0.2) is 0 Å². The fourth-order valence-corrected chi connectivity index (χ4v) is 1.79. The summed E-state index contributed by atoms with van der Waals surface area (Å²) in [4.78, 5) is 14.3. The molecule has 0 bridgehead atoms. The summed E-state index contributed by atoms with van der Waals surface area (Å²) in [6.45, 7) is 0. The molecular formula is C10H4BrFN2O. The maximum Gasteiger partial charge on any atom is 0.210 e. The number of hydrogen-bond donors (Lipinski definition) is 1. The van der Waals surface area contributed by atoms with Crippen LogP contribution in [0, 0.1) is 17.1 Å². The summed E-state index contributed by atoms with van der Waals surface area (Å²) >= 11 is 3.19. The fraction of sp³-hybridized carbons (Fsp3) is 0. The Morgan fingerprint density at radius 1 is 1.47 bits per heavy atom. The van der Waals surface area contributed by atoms with Crippen LogP contribution in [-0.2, 0) is 0 Å². The minimum atomic E-state index is -0.633. The van der Waals surface area contributed by atoms with Gasteiger partial charge in [-0.15, -0.1) is 0 Å². The lowest BCUT2D eigenvalue weighted by Crippen LogP contribution is -2.09. The average Bonchev–Trinajstić information content (AvgIpc) is 2.23. The van der Waals surface area contributed by atoms with Gasteiger partial charge in [0.05, 0.1) is 10.9 Å². The van der Waals surface area contributed by atoms with Gasteiger partial charge in [0, 0.05) is 10.7 Å². The van der Waals surface area contributed by atoms with Gasteiger partial charge in [-0.3, -0.25) is 4.79 Å². The van der Waals surface area contributed by atoms with Gasteiger partial charge in [0.25, 0.3) is 0 Å². The van der Waals surface area contributed by atoms with Crippen molar-refractivity contribution in [3.63, 3.8) is 0 Å². The van der Waals surface area contributed by atoms with Crippen LogP contribution in [0.4, 0.5) is 4.39 Å². The van der Waals surface area contributed by atoms with Crippen molar-refractivity contribution in [2.75, 3.05) is 0 Å². The summed E-state index contributed by atoms with van der Waals surface area (Å²) in [5.74, 6) is -0.633. The molecule has 0 radical (unpaired) electrons. The molecule has 0 aliphatic rings. The minimum absolute atomic E-state index is 0.0941. The number of pyridine rings is 1. The maximum absolute atomic E-state index is 13.4. The van der Waals surface area contributed by atoms with Crippen LogP contribution in [-0.4, -0.2) is 4.98 Å². The van der Waals surface area contributed by atoms with E-state index in [0.29, 0.717) is 9.99 Å². The molecule has 15 heavy (non-hydrogen) atoms. The Morgan fingerprint density at radius 3 is 2.87 bits per heavy atom. The number of benzene rings is 1. The van der Waals surface area contributed by atoms with Crippen LogP contribution in [0.25, 0.3) is 10.9 Å². The Morgan fingerprint density at radius 2 is 2.20 bits per heavy atom. The van der Waals surface area contributed by atoms with E-state index >= 15 is 0 Å². The lowest BCUT2D eigenvalue weighted by Gasteiger charge is -2.01. The van der Waals surface area contributed by atoms with E-state index in [1.165, 1.54) is 18.3 Å². The number of H-pyrrole nitrogens is 1. The molecule has 0 atom stereocenters. The molecule has 3 nitrogen and oxygen atoms in total. The molecular weight excluding hydrogens is 263 g/mol. The van der Waals surface area contributed by atoms with E-state index in [9.17, 15) is 9.18 Å². The Bertz CT molecular complexity index is 642. The predicted octanol–water partition coefficient (Wildman–Crippen LogP) is 2.30. The highest BCUT2D eigenvalue weighted by molar-refractivity contribution is 9.10. The van der Waals surface area contributed by atoms with Crippen molar-refractivity contribution in [3.8, 4) is 6.07 Å². The Kier molecular flexibility index (Phi) is 2.29. The second kappa shape index (κ2) is 3.48. The molecule has 1 aromatic carbocycles. The third-order valence-corrected chi connectivity index (χ3v) is 2.72. The van der Waals surface area contributed by atoms with Gasteiger partial charge in [-0.2, -0.15) is 5.26 Å². The van der Waals surface area contributed by atoms with Crippen molar-refractivity contribution in [1.82, 2.24) is 4.98 Å². The molecule has 5 heteroatoms. The average molecular weight is 267 g/mol. The zero-order valence-electron chi connectivity index (χ0n) is 7.34. The van der Waals surface area contributed by atoms with Crippen LogP contribution < -0.4 is 5.43 Å². The van der Waals surface area contributed by atoms with Crippen LogP contribution in [0.5, 0.6) is 0 Å². The van der Waals surface area contributed by atoms with Gasteiger partial charge in [-0.05, 0) is 28.1 Å². The summed E-state index contributed by atoms with van der Waals surface area (Å²) in [5.41, 5.74) is -0.330. The van der Waals surface area contributed by atoms with Crippen LogP contribution in [0.3, 0.4) is 0 Å². The smallest absolute Gasteiger partial charge is 0.210 e. The first-order valence-electron chi connectivity index (χ1n) is 4.04. The third kappa shape index (κ3) is 1.43. The number of halogens is 2. The maximum atomic E-state index is 13.4. The molecule has 0 unspecified atom stereocenters. The van der Waals surface area contributed by atoms with Gasteiger partial charge in [-0.1, -0.05) is 0 Å². The van der Waals surface area contributed by atoms with Crippen molar-refractivity contribution >= 4 is 26.8 Å². The van der Waals surface area contributed by atoms with E-state index < -0.39 is 11.2 Å². The summed E-state index contributed by atoms with van der Waals surface area (Å²) in [6.07, 6.45) is 1.27. The quantitative estimate of drug-likeness (QED) is 0.796. The van der Waals surface area contributed by atoms with Crippen molar-refractivity contribution in [2.24, 2.45) is 0 Å². The van der Waals surface area contributed by atoms with E-state index in [2.05, 4.69) is 20.9 Å². The van der Waals surface area contributed by atoms with Gasteiger partial charge >= 0.3 is 0 Å². The van der Waals surface area contributed by atoms with Crippen LogP contribution in [0.2, 0.25) is 0 Å². The largest absolute Gasteiger partial charge is 0.359 e. The highest BCUT2D eigenvalue weighted by Crippen LogP contribution is 2.21. The first kappa shape index (κ1) is 9.87. The Balaban J connectivity index is 3.07. The zero-order valence-corrected chi connectivity index (χ0v) is 8.93. The molecule has 2 aromatic rings. The van der Waals surface area contributed by atoms with Crippen LogP contribution in [0.15, 0.2) is 27.6 Å². The number of fused-ring (bicyclic) bond motifs is 1. The number of aromatic amines is 1. The highest BCUT2D eigenvalue weighted by atomic mass is 79.9. The molecule has 0 saturated heterocycles. The standard InChI is InChI=1S/C10H4BrFN2O/c11-6-1-2-7(12)8-9(6)14-4-5(3-13)10(8)15/h1-2,4H,(H,14,15). The lowest BCUT2D eigenvalue weighted by molar-refractivity contribution is 0.638. The topological polar surface area (TPSA) is 56.6 Å². The molecule has 1 N–H and O–H groups in total. The summed E-state index contributed by atoms with van der Waals surface area (Å²) in [6, 6.07) is 4.39. The third-order valence-electron chi connectivity index (χ3n) is 2.06. The zero-order chi connectivity index (χ0) is 11.0. The van der Waals surface area contributed by atoms with E-state index in [-0.39, 0.29) is 10.9 Å². The van der Waals surface area contributed by atoms with Crippen molar-refractivity contribution < 1.29 is 4.39 Å². The minimum Gasteiger partial charge on any atom is -0.359 e. The van der Waals surface area contributed by atoms with Gasteiger partial charge in [0.1, 0.15) is 17.4 Å². The molecule has 74 valence electrons. The molecule has 0 aliphatic heterocycles. The number of nitriles is 1. The van der Waals surface area contributed by atoms with E-state index in [1.807, 2.05) is 0 Å². The van der Waals surface area contributed by atoms with Gasteiger partial charge in [0.2, 0.25) is 5.43 Å². The van der Waals surface area contributed by atoms with Crippen molar-refractivity contribution in [2.45, 2.75) is 0 Å². The Hall–Kier alpha value is -1.67. The Labute approximate surface area is 92.3 Å². The first-order valence-corrected chi connectivity index (χ1v) is 4.84. The summed E-state index contributed by atoms with van der Waals surface area (Å²) in [5, 5.41) is 8.54. The molecule has 1 heterocycles. The van der Waals surface area contributed by atoms with E-state index in [0.717, 1.165) is 0 Å². The molecule has 2 rings (SSSR count). The molecule has 0 aliphatic carbocycles. The summed E-state index contributed by atoms with van der Waals surface area (Å²) < 4.78 is 14.0. The van der Waals surface area contributed by atoms with Crippen molar-refractivity contribution in [1.29, 1.82) is 5.26 Å². The number of nitrogens with zero attached hydrogens (tertiary/aromatic N) is 1. The van der Waals surface area contributed by atoms with Crippen LogP contribution in [0.1, 0.15) is 5.56 Å². The molecule has 0 amide bonds. The summed E-state index contributed by atoms with van der Waals surface area (Å²) in [7, 11) is 0. The SMILES string of the molecule is N#Cc1c[nH]c2c(Br)ccc(F)c2c1=O. The monoisotopic (exact) mass is 266 g/mol. The highest BCUT2D eigenvalue weighted by Gasteiger charge is 2.11. The second-order valence-corrected chi connectivity index (χ2v) is 3.78. The van der Waals surface area contributed by atoms with E-state index in [1.54, 1.807) is 6.07 Å². The van der Waals surface area contributed by atoms with Gasteiger partial charge < -0.3 is 4.98 Å². The molecule has 0 saturated carbocycles. The number of aromatic nitrogens is 1. The molecule has 0 fully saturated rings. The lowest BCUT2D eigenvalue weighted by atomic mass is 10.1. The number of nitrogens with one attached hydrogen (secondary N) is 1. The second-order valence-electron chi connectivity index (χ2n) is 2.92. The van der Waals surface area contributed by atoms with Gasteiger partial charge in [-0.25, -0.2) is 4.39 Å². The molecule has 1 aromatic heterocycles.